The lowest BCUT2D eigenvalue weighted by Gasteiger charge is -2.30. The van der Waals surface area contributed by atoms with Crippen LogP contribution in [0.1, 0.15) is 5.56 Å². The number of carbonyl (C=O) groups is 1. The summed E-state index contributed by atoms with van der Waals surface area (Å²) in [5.74, 6) is -0.995. The first-order valence-corrected chi connectivity index (χ1v) is 7.07. The molecule has 1 aromatic rings. The predicted molar refractivity (Wildman–Crippen MR) is 83.5 cm³/mol. The number of nitrogens with zero attached hydrogens (tertiary/aromatic N) is 2. The monoisotopic (exact) mass is 320 g/mol. The second kappa shape index (κ2) is 5.50. The van der Waals surface area contributed by atoms with E-state index in [4.69, 9.17) is 23.8 Å². The van der Waals surface area contributed by atoms with Gasteiger partial charge < -0.3 is 0 Å². The number of hydrogen-bond acceptors (Lipinski definition) is 2. The number of halogens is 2. The van der Waals surface area contributed by atoms with E-state index in [-0.39, 0.29) is 23.4 Å². The number of hydrogen-bond donors (Lipinski definition) is 0. The van der Waals surface area contributed by atoms with Crippen molar-refractivity contribution in [2.75, 3.05) is 0 Å². The number of allylic oxidation sites excluding steroid dienone is 3. The molecule has 1 atom stereocenters. The van der Waals surface area contributed by atoms with E-state index < -0.39 is 5.92 Å². The van der Waals surface area contributed by atoms with E-state index in [0.717, 1.165) is 5.56 Å². The van der Waals surface area contributed by atoms with Crippen LogP contribution in [0.25, 0.3) is 0 Å². The summed E-state index contributed by atoms with van der Waals surface area (Å²) in [4.78, 5) is 18.2. The average Bonchev–Trinajstić information content (AvgIpc) is 2.46. The number of thiocarbonyl (C=S) groups is 1. The Bertz CT molecular complexity index is 709. The summed E-state index contributed by atoms with van der Waals surface area (Å²) >= 11 is 11.1. The number of fused-ring (bicyclic) bond motifs is 1. The van der Waals surface area contributed by atoms with Crippen LogP contribution in [-0.4, -0.2) is 21.6 Å². The minimum Gasteiger partial charge on any atom is -0.282 e. The molecular formula is C15H10ClFN2OS. The number of rotatable bonds is 2. The summed E-state index contributed by atoms with van der Waals surface area (Å²) in [7, 11) is 0. The molecule has 1 unspecified atom stereocenters. The number of amides is 1. The van der Waals surface area contributed by atoms with Gasteiger partial charge in [-0.2, -0.15) is 0 Å². The maximum atomic E-state index is 12.9. The predicted octanol–water partition coefficient (Wildman–Crippen LogP) is 3.20. The largest absolute Gasteiger partial charge is 0.282 e. The Hall–Kier alpha value is -1.85. The maximum Gasteiger partial charge on any atom is 0.242 e. The second-order valence-corrected chi connectivity index (χ2v) is 5.53. The van der Waals surface area contributed by atoms with E-state index in [1.54, 1.807) is 30.4 Å². The molecule has 0 saturated carbocycles. The molecule has 0 saturated heterocycles. The van der Waals surface area contributed by atoms with Crippen molar-refractivity contribution in [2.45, 2.75) is 6.54 Å². The van der Waals surface area contributed by atoms with Gasteiger partial charge in [0.2, 0.25) is 11.0 Å². The highest BCUT2D eigenvalue weighted by molar-refractivity contribution is 7.80. The normalized spacial score (nSPS) is 21.0. The molecule has 1 amide bonds. The number of carbonyl (C=O) groups excluding carboxylic acids is 1. The van der Waals surface area contributed by atoms with E-state index >= 15 is 0 Å². The zero-order valence-corrected chi connectivity index (χ0v) is 12.4. The SMILES string of the molecule is O=C1C2C=C(Cl)C=CC2=NC(=S)N1Cc1ccc(F)cc1. The van der Waals surface area contributed by atoms with Crippen LogP contribution < -0.4 is 0 Å². The van der Waals surface area contributed by atoms with Crippen LogP contribution >= 0.6 is 23.8 Å². The topological polar surface area (TPSA) is 32.7 Å². The third-order valence-electron chi connectivity index (χ3n) is 3.30. The van der Waals surface area contributed by atoms with Crippen LogP contribution in [-0.2, 0) is 11.3 Å². The van der Waals surface area contributed by atoms with Gasteiger partial charge in [0.15, 0.2) is 0 Å². The molecule has 1 aliphatic carbocycles. The summed E-state index contributed by atoms with van der Waals surface area (Å²) < 4.78 is 12.9. The van der Waals surface area contributed by atoms with E-state index in [1.807, 2.05) is 0 Å². The maximum absolute atomic E-state index is 12.9. The minimum absolute atomic E-state index is 0.170. The van der Waals surface area contributed by atoms with Gasteiger partial charge in [-0.05, 0) is 48.1 Å². The first-order chi connectivity index (χ1) is 10.0. The Balaban J connectivity index is 1.88. The molecule has 0 aromatic heterocycles. The summed E-state index contributed by atoms with van der Waals surface area (Å²) in [5.41, 5.74) is 1.39. The van der Waals surface area contributed by atoms with Crippen molar-refractivity contribution in [3.05, 3.63) is 58.9 Å². The van der Waals surface area contributed by atoms with Gasteiger partial charge in [-0.25, -0.2) is 9.38 Å². The molecule has 0 spiro atoms. The quantitative estimate of drug-likeness (QED) is 0.784. The van der Waals surface area contributed by atoms with Crippen LogP contribution in [0.4, 0.5) is 4.39 Å². The van der Waals surface area contributed by atoms with Gasteiger partial charge in [0.25, 0.3) is 0 Å². The van der Waals surface area contributed by atoms with E-state index in [0.29, 0.717) is 10.7 Å². The fourth-order valence-corrected chi connectivity index (χ4v) is 2.67. The fraction of sp³-hybridized carbons (Fsp3) is 0.133. The fourth-order valence-electron chi connectivity index (χ4n) is 2.22. The lowest BCUT2D eigenvalue weighted by molar-refractivity contribution is -0.128. The molecule has 2 aliphatic rings. The van der Waals surface area contributed by atoms with E-state index in [2.05, 4.69) is 4.99 Å². The highest BCUT2D eigenvalue weighted by Crippen LogP contribution is 2.25. The molecule has 21 heavy (non-hydrogen) atoms. The molecule has 1 aliphatic heterocycles. The molecule has 6 heteroatoms. The summed E-state index contributed by atoms with van der Waals surface area (Å²) in [5, 5.41) is 0.716. The highest BCUT2D eigenvalue weighted by atomic mass is 35.5. The summed E-state index contributed by atoms with van der Waals surface area (Å²) in [6.45, 7) is 0.264. The van der Waals surface area contributed by atoms with Crippen molar-refractivity contribution in [1.82, 2.24) is 4.90 Å². The van der Waals surface area contributed by atoms with Crippen LogP contribution in [0.15, 0.2) is 52.5 Å². The van der Waals surface area contributed by atoms with Crippen LogP contribution in [0.3, 0.4) is 0 Å². The van der Waals surface area contributed by atoms with Gasteiger partial charge in [-0.1, -0.05) is 23.7 Å². The van der Waals surface area contributed by atoms with Gasteiger partial charge in [0.1, 0.15) is 11.7 Å². The number of benzene rings is 1. The Labute approximate surface area is 131 Å². The molecule has 1 aromatic carbocycles. The summed E-state index contributed by atoms with van der Waals surface area (Å²) in [6.07, 6.45) is 5.04. The molecule has 3 rings (SSSR count). The highest BCUT2D eigenvalue weighted by Gasteiger charge is 2.34. The van der Waals surface area contributed by atoms with Crippen molar-refractivity contribution in [1.29, 1.82) is 0 Å². The molecule has 0 fully saturated rings. The Morgan fingerprint density at radius 2 is 2.00 bits per heavy atom. The van der Waals surface area contributed by atoms with E-state index in [1.165, 1.54) is 17.0 Å². The van der Waals surface area contributed by atoms with Crippen LogP contribution in [0.2, 0.25) is 0 Å². The van der Waals surface area contributed by atoms with Gasteiger partial charge in [0.05, 0.1) is 12.3 Å². The second-order valence-electron chi connectivity index (χ2n) is 4.73. The third-order valence-corrected chi connectivity index (χ3v) is 3.86. The lowest BCUT2D eigenvalue weighted by Crippen LogP contribution is -2.45. The smallest absolute Gasteiger partial charge is 0.242 e. The Morgan fingerprint density at radius 1 is 1.29 bits per heavy atom. The zero-order valence-electron chi connectivity index (χ0n) is 10.8. The number of aliphatic imine (C=N–C) groups is 1. The third kappa shape index (κ3) is 2.80. The van der Waals surface area contributed by atoms with Gasteiger partial charge >= 0.3 is 0 Å². The molecule has 0 radical (unpaired) electrons. The van der Waals surface area contributed by atoms with Crippen molar-refractivity contribution >= 4 is 40.6 Å². The molecular weight excluding hydrogens is 311 g/mol. The lowest BCUT2D eigenvalue weighted by atomic mass is 9.95. The Morgan fingerprint density at radius 3 is 2.71 bits per heavy atom. The first-order valence-electron chi connectivity index (χ1n) is 6.28. The van der Waals surface area contributed by atoms with E-state index in [9.17, 15) is 9.18 Å². The van der Waals surface area contributed by atoms with Crippen LogP contribution in [0, 0.1) is 11.7 Å². The molecule has 1 heterocycles. The summed E-state index contributed by atoms with van der Waals surface area (Å²) in [6, 6.07) is 5.94. The average molecular weight is 321 g/mol. The van der Waals surface area contributed by atoms with Gasteiger partial charge in [-0.3, -0.25) is 9.69 Å². The van der Waals surface area contributed by atoms with Crippen molar-refractivity contribution in [3.63, 3.8) is 0 Å². The molecule has 106 valence electrons. The van der Waals surface area contributed by atoms with Crippen molar-refractivity contribution < 1.29 is 9.18 Å². The zero-order chi connectivity index (χ0) is 15.0. The first kappa shape index (κ1) is 14.1. The Kier molecular flexibility index (Phi) is 3.69. The van der Waals surface area contributed by atoms with Crippen LogP contribution in [0.5, 0.6) is 0 Å². The van der Waals surface area contributed by atoms with Gasteiger partial charge in [0, 0.05) is 5.03 Å². The molecule has 0 N–H and O–H groups in total. The van der Waals surface area contributed by atoms with Crippen molar-refractivity contribution in [2.24, 2.45) is 10.9 Å². The van der Waals surface area contributed by atoms with Gasteiger partial charge in [-0.15, -0.1) is 0 Å². The molecule has 0 bridgehead atoms. The molecule has 3 nitrogen and oxygen atoms in total. The van der Waals surface area contributed by atoms with Crippen molar-refractivity contribution in [3.8, 4) is 0 Å². The minimum atomic E-state index is -0.505. The standard InChI is InChI=1S/C15H10ClFN2OS/c16-10-3-6-13-12(7-10)14(20)19(15(21)18-13)8-9-1-4-11(17)5-2-9/h1-7,12H,8H2.